The quantitative estimate of drug-likeness (QED) is 0.533. The molecule has 4 atom stereocenters. The zero-order valence-electron chi connectivity index (χ0n) is 9.68. The number of aliphatic hydroxyl groups is 2. The molecule has 0 spiro atoms. The van der Waals surface area contributed by atoms with E-state index in [1.807, 2.05) is 0 Å². The van der Waals surface area contributed by atoms with Crippen molar-refractivity contribution < 1.29 is 14.9 Å². The van der Waals surface area contributed by atoms with Crippen molar-refractivity contribution in [1.82, 2.24) is 0 Å². The second kappa shape index (κ2) is 4.25. The minimum atomic E-state index is -1.34. The Morgan fingerprint density at radius 3 is 2.40 bits per heavy atom. The molecule has 1 heterocycles. The maximum Gasteiger partial charge on any atom is 0.113 e. The van der Waals surface area contributed by atoms with Gasteiger partial charge in [0, 0.05) is 6.00 Å². The molecule has 0 aliphatic carbocycles. The predicted molar refractivity (Wildman–Crippen MR) is 66.4 cm³/mol. The van der Waals surface area contributed by atoms with Crippen molar-refractivity contribution in [1.29, 1.82) is 0 Å². The fourth-order valence-electron chi connectivity index (χ4n) is 1.65. The van der Waals surface area contributed by atoms with Crippen LogP contribution in [0, 0.1) is 0 Å². The van der Waals surface area contributed by atoms with Crippen molar-refractivity contribution in [3.05, 3.63) is 0 Å². The minimum absolute atomic E-state index is 0.365. The van der Waals surface area contributed by atoms with Crippen LogP contribution >= 0.6 is 6.89 Å². The fraction of sp³-hybridized carbons (Fsp3) is 0.900. The lowest BCUT2D eigenvalue weighted by Gasteiger charge is -2.25. The van der Waals surface area contributed by atoms with Gasteiger partial charge in [-0.2, -0.15) is 0 Å². The maximum atomic E-state index is 9.82. The average Bonchev–Trinajstić information content (AvgIpc) is 2.25. The molecule has 0 aromatic carbocycles. The van der Waals surface area contributed by atoms with Gasteiger partial charge in [0.1, 0.15) is 19.6 Å². The lowest BCUT2D eigenvalue weighted by Crippen LogP contribution is -2.45. The Kier molecular flexibility index (Phi) is 3.77. The van der Waals surface area contributed by atoms with Crippen LogP contribution in [0.3, 0.4) is 0 Å². The van der Waals surface area contributed by atoms with Gasteiger partial charge >= 0.3 is 0 Å². The van der Waals surface area contributed by atoms with Gasteiger partial charge in [0.25, 0.3) is 0 Å². The molecule has 0 amide bonds. The molecule has 0 bridgehead atoms. The zero-order valence-corrected chi connectivity index (χ0v) is 10.6. The molecule has 2 N–H and O–H groups in total. The van der Waals surface area contributed by atoms with Gasteiger partial charge in [-0.15, -0.1) is 13.2 Å². The summed E-state index contributed by atoms with van der Waals surface area (Å²) in [5, 5.41) is 19.6. The van der Waals surface area contributed by atoms with Gasteiger partial charge in [0.15, 0.2) is 0 Å². The van der Waals surface area contributed by atoms with E-state index in [4.69, 9.17) is 12.6 Å². The molecule has 2 radical (unpaired) electrons. The molecule has 1 rings (SSSR count). The molecular formula is C10H20BO3P. The first-order chi connectivity index (χ1) is 6.64. The Morgan fingerprint density at radius 2 is 2.07 bits per heavy atom. The number of rotatable bonds is 3. The van der Waals surface area contributed by atoms with Gasteiger partial charge in [-0.1, -0.05) is 0 Å². The monoisotopic (exact) mass is 230 g/mol. The van der Waals surface area contributed by atoms with Crippen molar-refractivity contribution in [2.75, 3.05) is 19.5 Å². The van der Waals surface area contributed by atoms with E-state index in [1.165, 1.54) is 6.92 Å². The Balaban J connectivity index is 2.57. The highest BCUT2D eigenvalue weighted by Crippen LogP contribution is 2.39. The van der Waals surface area contributed by atoms with Crippen molar-refractivity contribution in [2.24, 2.45) is 0 Å². The van der Waals surface area contributed by atoms with E-state index in [1.54, 1.807) is 0 Å². The van der Waals surface area contributed by atoms with Crippen LogP contribution in [0.4, 0.5) is 0 Å². The maximum absolute atomic E-state index is 9.82. The van der Waals surface area contributed by atoms with Crippen LogP contribution in [0.15, 0.2) is 0 Å². The van der Waals surface area contributed by atoms with E-state index >= 15 is 0 Å². The molecule has 1 saturated heterocycles. The molecule has 0 saturated carbocycles. The van der Waals surface area contributed by atoms with Crippen LogP contribution in [0.5, 0.6) is 0 Å². The highest BCUT2D eigenvalue weighted by atomic mass is 31.2. The Morgan fingerprint density at radius 1 is 1.53 bits per heavy atom. The van der Waals surface area contributed by atoms with Gasteiger partial charge in [0.05, 0.1) is 6.10 Å². The molecular weight excluding hydrogens is 210 g/mol. The lowest BCUT2D eigenvalue weighted by atomic mass is 9.82. The zero-order chi connectivity index (χ0) is 11.9. The third kappa shape index (κ3) is 3.10. The van der Waals surface area contributed by atoms with Crippen molar-refractivity contribution in [3.63, 3.8) is 0 Å². The topological polar surface area (TPSA) is 49.7 Å². The van der Waals surface area contributed by atoms with E-state index in [2.05, 4.69) is 19.6 Å². The normalized spacial score (nSPS) is 42.1. The predicted octanol–water partition coefficient (Wildman–Crippen LogP) is 0.0910. The third-order valence-corrected chi connectivity index (χ3v) is 4.34. The van der Waals surface area contributed by atoms with Gasteiger partial charge < -0.3 is 14.9 Å². The molecule has 1 fully saturated rings. The van der Waals surface area contributed by atoms with E-state index in [9.17, 15) is 10.2 Å². The SMILES string of the molecule is [B][C@@H]1OC(CCP(=C)(C)C)[C@@H](O)[C@@]1(C)O. The van der Waals surface area contributed by atoms with Gasteiger partial charge in [-0.3, -0.25) is 0 Å². The van der Waals surface area contributed by atoms with E-state index in [0.717, 1.165) is 6.16 Å². The summed E-state index contributed by atoms with van der Waals surface area (Å²) >= 11 is 0. The number of aliphatic hydroxyl groups excluding tert-OH is 1. The van der Waals surface area contributed by atoms with E-state index < -0.39 is 24.6 Å². The summed E-state index contributed by atoms with van der Waals surface area (Å²) < 4.78 is 5.35. The molecule has 3 nitrogen and oxygen atoms in total. The summed E-state index contributed by atoms with van der Waals surface area (Å²) in [6.45, 7) is 4.65. The van der Waals surface area contributed by atoms with Crippen LogP contribution in [-0.4, -0.2) is 67.7 Å². The van der Waals surface area contributed by atoms with Crippen LogP contribution in [-0.2, 0) is 4.74 Å². The molecule has 0 aromatic rings. The van der Waals surface area contributed by atoms with E-state index in [-0.39, 0.29) is 6.10 Å². The molecule has 15 heavy (non-hydrogen) atoms. The summed E-state index contributed by atoms with van der Waals surface area (Å²) in [4.78, 5) is 0. The lowest BCUT2D eigenvalue weighted by molar-refractivity contribution is -0.0425. The Hall–Kier alpha value is 0.245. The first-order valence-electron chi connectivity index (χ1n) is 5.13. The largest absolute Gasteiger partial charge is 0.387 e. The van der Waals surface area contributed by atoms with Gasteiger partial charge in [-0.25, -0.2) is 0 Å². The second-order valence-electron chi connectivity index (χ2n) is 5.21. The average molecular weight is 230 g/mol. The first kappa shape index (κ1) is 13.3. The number of ether oxygens (including phenoxy) is 1. The Bertz CT molecular complexity index is 274. The summed E-state index contributed by atoms with van der Waals surface area (Å²) in [5.41, 5.74) is -1.34. The Labute approximate surface area is 93.2 Å². The molecule has 1 aliphatic heterocycles. The van der Waals surface area contributed by atoms with Crippen LogP contribution in [0.25, 0.3) is 0 Å². The molecule has 86 valence electrons. The fourth-order valence-corrected chi connectivity index (χ4v) is 2.60. The number of hydrogen-bond donors (Lipinski definition) is 2. The van der Waals surface area contributed by atoms with Crippen LogP contribution < -0.4 is 0 Å². The number of hydrogen-bond acceptors (Lipinski definition) is 3. The molecule has 1 aliphatic rings. The van der Waals surface area contributed by atoms with Crippen molar-refractivity contribution >= 4 is 21.0 Å². The first-order valence-corrected chi connectivity index (χ1v) is 8.19. The highest BCUT2D eigenvalue weighted by Gasteiger charge is 2.48. The summed E-state index contributed by atoms with van der Waals surface area (Å²) in [5.74, 6) is 0. The van der Waals surface area contributed by atoms with Crippen LogP contribution in [0.2, 0.25) is 0 Å². The molecule has 0 aromatic heterocycles. The van der Waals surface area contributed by atoms with Gasteiger partial charge in [-0.05, 0) is 32.8 Å². The summed E-state index contributed by atoms with van der Waals surface area (Å²) in [6.07, 6.45) is 4.46. The van der Waals surface area contributed by atoms with Crippen LogP contribution in [0.1, 0.15) is 13.3 Å². The molecule has 5 heteroatoms. The van der Waals surface area contributed by atoms with Gasteiger partial charge in [0.2, 0.25) is 0 Å². The molecule has 1 unspecified atom stereocenters. The second-order valence-corrected chi connectivity index (χ2v) is 9.53. The summed E-state index contributed by atoms with van der Waals surface area (Å²) in [7, 11) is 5.59. The standard InChI is InChI=1S/C10H20BO3P/c1-10(13)8(12)7(14-9(10)11)5-6-15(2,3)4/h7-9,12-13H,2,5-6H2,1,3-4H3/t7?,8-,9-,10-/m1/s1. The van der Waals surface area contributed by atoms with Crippen molar-refractivity contribution in [3.8, 4) is 0 Å². The smallest absolute Gasteiger partial charge is 0.113 e. The third-order valence-electron chi connectivity index (χ3n) is 2.87. The van der Waals surface area contributed by atoms with E-state index in [0.29, 0.717) is 6.42 Å². The van der Waals surface area contributed by atoms with Crippen molar-refractivity contribution in [2.45, 2.75) is 37.2 Å². The minimum Gasteiger partial charge on any atom is -0.387 e. The summed E-state index contributed by atoms with van der Waals surface area (Å²) in [6, 6.07) is -0.802. The highest BCUT2D eigenvalue weighted by molar-refractivity contribution is 7.72.